The van der Waals surface area contributed by atoms with Gasteiger partial charge in [0.1, 0.15) is 18.2 Å². The van der Waals surface area contributed by atoms with Crippen LogP contribution >= 0.6 is 0 Å². The van der Waals surface area contributed by atoms with Gasteiger partial charge in [-0.3, -0.25) is 29.4 Å². The number of benzene rings is 1. The van der Waals surface area contributed by atoms with Gasteiger partial charge >= 0.3 is 6.09 Å². The quantitative estimate of drug-likeness (QED) is 0.110. The number of azide groups is 1. The van der Waals surface area contributed by atoms with Crippen molar-refractivity contribution < 1.29 is 33.4 Å². The van der Waals surface area contributed by atoms with E-state index in [0.717, 1.165) is 19.3 Å². The van der Waals surface area contributed by atoms with E-state index in [1.807, 2.05) is 0 Å². The third-order valence-electron chi connectivity index (χ3n) is 6.62. The highest BCUT2D eigenvalue weighted by Gasteiger charge is 2.39. The lowest BCUT2D eigenvalue weighted by Crippen LogP contribution is -2.52. The number of fused-ring (bicyclic) bond motifs is 1. The van der Waals surface area contributed by atoms with Gasteiger partial charge in [-0.1, -0.05) is 11.5 Å². The lowest BCUT2D eigenvalue weighted by Gasteiger charge is -2.29. The van der Waals surface area contributed by atoms with Crippen molar-refractivity contribution in [1.82, 2.24) is 15.1 Å². The Kier molecular flexibility index (Phi) is 11.7. The first-order chi connectivity index (χ1) is 20.0. The molecule has 1 aromatic rings. The molecule has 2 heterocycles. The number of unbranched alkanes of at least 4 members (excludes halogenated alkanes) is 2. The lowest BCUT2D eigenvalue weighted by molar-refractivity contribution is -0.137. The third kappa shape index (κ3) is 9.74. The molecule has 5 amide bonds. The van der Waals surface area contributed by atoms with Crippen molar-refractivity contribution in [2.45, 2.75) is 77.5 Å². The Hall–Kier alpha value is -4.16. The summed E-state index contributed by atoms with van der Waals surface area (Å²) in [5, 5.41) is 8.55. The minimum atomic E-state index is -0.737. The second-order valence-electron chi connectivity index (χ2n) is 11.2. The molecule has 2 aliphatic rings. The Morgan fingerprint density at radius 2 is 1.93 bits per heavy atom. The number of hydrogen-bond donors (Lipinski definition) is 2. The average Bonchev–Trinajstić information content (AvgIpc) is 3.23. The van der Waals surface area contributed by atoms with Gasteiger partial charge in [0.05, 0.1) is 0 Å². The van der Waals surface area contributed by atoms with E-state index in [1.54, 1.807) is 39.0 Å². The van der Waals surface area contributed by atoms with Crippen molar-refractivity contribution >= 4 is 35.4 Å². The molecular formula is C28H39N7O7. The van der Waals surface area contributed by atoms with Gasteiger partial charge in [-0.05, 0) is 75.7 Å². The summed E-state index contributed by atoms with van der Waals surface area (Å²) >= 11 is 0. The number of amides is 5. The van der Waals surface area contributed by atoms with Gasteiger partial charge in [0, 0.05) is 55.4 Å². The Labute approximate surface area is 244 Å². The van der Waals surface area contributed by atoms with E-state index >= 15 is 0 Å². The summed E-state index contributed by atoms with van der Waals surface area (Å²) in [6.45, 7) is 6.85. The molecule has 0 saturated carbocycles. The van der Waals surface area contributed by atoms with Crippen LogP contribution in [0.4, 0.5) is 10.5 Å². The van der Waals surface area contributed by atoms with Gasteiger partial charge < -0.3 is 19.7 Å². The Balaban J connectivity index is 1.53. The molecule has 1 aromatic carbocycles. The normalized spacial score (nSPS) is 16.4. The number of ether oxygens (including phenoxy) is 2. The maximum Gasteiger partial charge on any atom is 0.410 e. The van der Waals surface area contributed by atoms with E-state index < -0.39 is 29.6 Å². The zero-order valence-electron chi connectivity index (χ0n) is 24.4. The molecular weight excluding hydrogens is 546 g/mol. The highest BCUT2D eigenvalue weighted by molar-refractivity contribution is 6.05. The molecule has 1 unspecified atom stereocenters. The van der Waals surface area contributed by atoms with E-state index in [0.29, 0.717) is 43.0 Å². The van der Waals surface area contributed by atoms with Crippen LogP contribution in [0.2, 0.25) is 0 Å². The first-order valence-corrected chi connectivity index (χ1v) is 14.1. The Morgan fingerprint density at radius 3 is 2.64 bits per heavy atom. The van der Waals surface area contributed by atoms with Gasteiger partial charge in [0.25, 0.3) is 5.91 Å². The highest BCUT2D eigenvalue weighted by atomic mass is 16.6. The molecule has 14 heteroatoms. The molecule has 2 N–H and O–H groups in total. The van der Waals surface area contributed by atoms with E-state index in [4.69, 9.17) is 15.0 Å². The zero-order valence-corrected chi connectivity index (χ0v) is 24.4. The smallest absolute Gasteiger partial charge is 0.410 e. The minimum absolute atomic E-state index is 0.165. The second kappa shape index (κ2) is 15.2. The lowest BCUT2D eigenvalue weighted by atomic mass is 10.0. The first-order valence-electron chi connectivity index (χ1n) is 14.1. The van der Waals surface area contributed by atoms with Crippen LogP contribution < -0.4 is 10.6 Å². The number of hydrogen-bond acceptors (Lipinski definition) is 8. The summed E-state index contributed by atoms with van der Waals surface area (Å²) in [4.78, 5) is 67.9. The fourth-order valence-corrected chi connectivity index (χ4v) is 4.66. The summed E-state index contributed by atoms with van der Waals surface area (Å²) in [7, 11) is 0. The third-order valence-corrected chi connectivity index (χ3v) is 6.62. The minimum Gasteiger partial charge on any atom is -0.444 e. The maximum atomic E-state index is 12.9. The van der Waals surface area contributed by atoms with Crippen LogP contribution in [0, 0.1) is 0 Å². The monoisotopic (exact) mass is 585 g/mol. The predicted octanol–water partition coefficient (Wildman–Crippen LogP) is 3.51. The van der Waals surface area contributed by atoms with Crippen molar-refractivity contribution in [2.24, 2.45) is 5.11 Å². The number of piperidine rings is 1. The Morgan fingerprint density at radius 1 is 1.17 bits per heavy atom. The van der Waals surface area contributed by atoms with Gasteiger partial charge in [-0.15, -0.1) is 0 Å². The first kappa shape index (κ1) is 32.4. The summed E-state index contributed by atoms with van der Waals surface area (Å²) < 4.78 is 11.1. The molecule has 2 aliphatic heterocycles. The van der Waals surface area contributed by atoms with Crippen LogP contribution in [0.25, 0.3) is 10.4 Å². The largest absolute Gasteiger partial charge is 0.444 e. The van der Waals surface area contributed by atoms with Gasteiger partial charge in [-0.2, -0.15) is 0 Å². The summed E-state index contributed by atoms with van der Waals surface area (Å²) in [5.74, 6) is -1.58. The molecule has 3 rings (SSSR count). The second-order valence-corrected chi connectivity index (χ2v) is 11.2. The van der Waals surface area contributed by atoms with Crippen molar-refractivity contribution in [3.8, 4) is 0 Å². The van der Waals surface area contributed by atoms with E-state index in [1.165, 1.54) is 9.80 Å². The molecule has 1 fully saturated rings. The van der Waals surface area contributed by atoms with Crippen LogP contribution in [-0.2, 0) is 30.4 Å². The Bertz CT molecular complexity index is 1220. The number of imide groups is 1. The molecule has 42 heavy (non-hydrogen) atoms. The van der Waals surface area contributed by atoms with E-state index in [9.17, 15) is 24.0 Å². The molecule has 1 atom stereocenters. The molecule has 228 valence electrons. The average molecular weight is 586 g/mol. The number of carbonyl (C=O) groups excluding carboxylic acids is 5. The molecule has 0 spiro atoms. The molecule has 0 bridgehead atoms. The van der Waals surface area contributed by atoms with Gasteiger partial charge in [0.15, 0.2) is 0 Å². The number of anilines is 1. The number of nitrogens with zero attached hydrogens (tertiary/aromatic N) is 5. The summed E-state index contributed by atoms with van der Waals surface area (Å²) in [5.41, 5.74) is 9.09. The summed E-state index contributed by atoms with van der Waals surface area (Å²) in [6.07, 6.45) is 2.83. The van der Waals surface area contributed by atoms with E-state index in [-0.39, 0.29) is 44.3 Å². The fraction of sp³-hybridized carbons (Fsp3) is 0.607. The number of carbonyl (C=O) groups is 5. The van der Waals surface area contributed by atoms with Crippen molar-refractivity contribution in [3.05, 3.63) is 39.8 Å². The van der Waals surface area contributed by atoms with Crippen molar-refractivity contribution in [2.75, 3.05) is 38.2 Å². The van der Waals surface area contributed by atoms with Gasteiger partial charge in [0.2, 0.25) is 17.7 Å². The van der Waals surface area contributed by atoms with Gasteiger partial charge in [-0.25, -0.2) is 4.79 Å². The van der Waals surface area contributed by atoms with Crippen LogP contribution in [0.3, 0.4) is 0 Å². The molecule has 0 radical (unpaired) electrons. The topological polar surface area (TPSA) is 183 Å². The van der Waals surface area contributed by atoms with E-state index in [2.05, 4.69) is 20.7 Å². The van der Waals surface area contributed by atoms with Crippen molar-refractivity contribution in [3.63, 3.8) is 0 Å². The molecule has 0 aliphatic carbocycles. The van der Waals surface area contributed by atoms with Crippen molar-refractivity contribution in [1.29, 1.82) is 0 Å². The number of rotatable bonds is 14. The molecule has 0 aromatic heterocycles. The molecule has 1 saturated heterocycles. The SMILES string of the molecule is CC(C)(C)OC(=O)N(CCCOCCCCCN=[N+]=[N-])CC(=O)Nc1ccc2c(c1)CN(C1CCC(=O)NC1=O)C2=O. The standard InChI is InChI=1S/C28H39N7O7/c1-28(2,3)42-27(40)34(13-7-15-41-14-6-4-5-12-30-33-29)18-24(37)31-20-8-9-21-19(16-20)17-35(26(21)39)22-10-11-23(36)32-25(22)38/h8-9,16,22H,4-7,10-15,17-18H2,1-3H3,(H,31,37)(H,32,36,38). The predicted molar refractivity (Wildman–Crippen MR) is 152 cm³/mol. The van der Waals surface area contributed by atoms with Crippen LogP contribution in [0.5, 0.6) is 0 Å². The number of nitrogens with one attached hydrogen (secondary N) is 2. The van der Waals surface area contributed by atoms with Crippen LogP contribution in [-0.4, -0.2) is 84.0 Å². The van der Waals surface area contributed by atoms with Crippen LogP contribution in [0.15, 0.2) is 23.3 Å². The van der Waals surface area contributed by atoms with Crippen LogP contribution in [0.1, 0.15) is 75.2 Å². The summed E-state index contributed by atoms with van der Waals surface area (Å²) in [6, 6.07) is 4.14. The zero-order chi connectivity index (χ0) is 30.7. The maximum absolute atomic E-state index is 12.9. The molecule has 14 nitrogen and oxygen atoms in total. The fourth-order valence-electron chi connectivity index (χ4n) is 4.66. The highest BCUT2D eigenvalue weighted by Crippen LogP contribution is 2.29.